The summed E-state index contributed by atoms with van der Waals surface area (Å²) >= 11 is 0. The molecule has 1 saturated heterocycles. The van der Waals surface area contributed by atoms with Crippen LogP contribution in [-0.2, 0) is 9.59 Å². The van der Waals surface area contributed by atoms with Crippen LogP contribution in [0.1, 0.15) is 23.2 Å². The number of primary amides is 1. The summed E-state index contributed by atoms with van der Waals surface area (Å²) in [6.45, 7) is 0.594. The van der Waals surface area contributed by atoms with E-state index < -0.39 is 11.7 Å². The van der Waals surface area contributed by atoms with Crippen molar-refractivity contribution < 1.29 is 23.5 Å². The van der Waals surface area contributed by atoms with E-state index in [0.29, 0.717) is 42.9 Å². The van der Waals surface area contributed by atoms with E-state index in [1.54, 1.807) is 29.2 Å². The van der Waals surface area contributed by atoms with E-state index >= 15 is 0 Å². The third-order valence-corrected chi connectivity index (χ3v) is 4.65. The predicted molar refractivity (Wildman–Crippen MR) is 105 cm³/mol. The molecule has 1 fully saturated rings. The molecule has 0 radical (unpaired) electrons. The molecule has 1 aliphatic heterocycles. The summed E-state index contributed by atoms with van der Waals surface area (Å²) in [5.74, 6) is -1.35. The van der Waals surface area contributed by atoms with Gasteiger partial charge in [0.2, 0.25) is 5.91 Å². The lowest BCUT2D eigenvalue weighted by Crippen LogP contribution is -2.43. The van der Waals surface area contributed by atoms with Gasteiger partial charge in [-0.05, 0) is 49.2 Å². The van der Waals surface area contributed by atoms with Crippen molar-refractivity contribution in [3.8, 4) is 5.75 Å². The van der Waals surface area contributed by atoms with E-state index in [9.17, 15) is 18.8 Å². The molecule has 1 unspecified atom stereocenters. The fourth-order valence-corrected chi connectivity index (χ4v) is 3.21. The molecule has 0 aromatic heterocycles. The largest absolute Gasteiger partial charge is 0.484 e. The third kappa shape index (κ3) is 5.54. The van der Waals surface area contributed by atoms with Gasteiger partial charge in [-0.25, -0.2) is 4.39 Å². The number of piperidine rings is 1. The molecule has 3 N–H and O–H groups in total. The molecule has 7 nitrogen and oxygen atoms in total. The number of nitrogens with zero attached hydrogens (tertiary/aromatic N) is 1. The van der Waals surface area contributed by atoms with E-state index in [2.05, 4.69) is 5.32 Å². The second-order valence-electron chi connectivity index (χ2n) is 6.87. The summed E-state index contributed by atoms with van der Waals surface area (Å²) in [4.78, 5) is 37.7. The van der Waals surface area contributed by atoms with Crippen LogP contribution in [0.2, 0.25) is 0 Å². The maximum atomic E-state index is 13.1. The van der Waals surface area contributed by atoms with E-state index in [0.717, 1.165) is 0 Å². The molecule has 2 aromatic carbocycles. The van der Waals surface area contributed by atoms with Crippen LogP contribution >= 0.6 is 0 Å². The highest BCUT2D eigenvalue weighted by molar-refractivity contribution is 5.96. The summed E-state index contributed by atoms with van der Waals surface area (Å²) in [5.41, 5.74) is 5.98. The van der Waals surface area contributed by atoms with Crippen LogP contribution < -0.4 is 15.8 Å². The molecular weight excluding hydrogens is 377 g/mol. The van der Waals surface area contributed by atoms with Crippen molar-refractivity contribution in [1.29, 1.82) is 0 Å². The average Bonchev–Trinajstić information content (AvgIpc) is 2.72. The Kier molecular flexibility index (Phi) is 6.43. The number of carbonyl (C=O) groups excluding carboxylic acids is 3. The minimum atomic E-state index is -0.590. The Morgan fingerprint density at radius 1 is 1.17 bits per heavy atom. The first kappa shape index (κ1) is 20.3. The molecule has 3 amide bonds. The zero-order valence-electron chi connectivity index (χ0n) is 15.8. The normalized spacial score (nSPS) is 16.2. The number of hydrogen-bond acceptors (Lipinski definition) is 4. The molecule has 1 atom stereocenters. The van der Waals surface area contributed by atoms with Crippen LogP contribution in [0.25, 0.3) is 0 Å². The molecular formula is C21H22FN3O4. The van der Waals surface area contributed by atoms with E-state index in [1.165, 1.54) is 24.3 Å². The number of amides is 3. The van der Waals surface area contributed by atoms with Crippen molar-refractivity contribution in [1.82, 2.24) is 4.90 Å². The molecule has 1 aliphatic rings. The van der Waals surface area contributed by atoms with Crippen molar-refractivity contribution in [2.75, 3.05) is 25.0 Å². The second kappa shape index (κ2) is 9.18. The van der Waals surface area contributed by atoms with Crippen LogP contribution in [0.5, 0.6) is 5.75 Å². The van der Waals surface area contributed by atoms with Gasteiger partial charge in [-0.2, -0.15) is 0 Å². The Labute approximate surface area is 167 Å². The van der Waals surface area contributed by atoms with Gasteiger partial charge in [0.25, 0.3) is 11.8 Å². The predicted octanol–water partition coefficient (Wildman–Crippen LogP) is 2.18. The second-order valence-corrected chi connectivity index (χ2v) is 6.87. The van der Waals surface area contributed by atoms with Gasteiger partial charge >= 0.3 is 0 Å². The highest BCUT2D eigenvalue weighted by Gasteiger charge is 2.29. The molecule has 2 aromatic rings. The molecule has 0 saturated carbocycles. The monoisotopic (exact) mass is 399 g/mol. The Bertz CT molecular complexity index is 901. The Morgan fingerprint density at radius 2 is 1.93 bits per heavy atom. The fourth-order valence-electron chi connectivity index (χ4n) is 3.21. The first-order valence-electron chi connectivity index (χ1n) is 9.29. The summed E-state index contributed by atoms with van der Waals surface area (Å²) in [5, 5.41) is 2.82. The van der Waals surface area contributed by atoms with Gasteiger partial charge in [0.05, 0.1) is 5.92 Å². The lowest BCUT2D eigenvalue weighted by molar-refractivity contribution is -0.121. The van der Waals surface area contributed by atoms with Crippen molar-refractivity contribution in [3.05, 3.63) is 59.9 Å². The van der Waals surface area contributed by atoms with Gasteiger partial charge in [-0.3, -0.25) is 14.4 Å². The zero-order chi connectivity index (χ0) is 20.8. The molecule has 29 heavy (non-hydrogen) atoms. The maximum Gasteiger partial charge on any atom is 0.255 e. The number of halogens is 1. The van der Waals surface area contributed by atoms with Gasteiger partial charge in [-0.1, -0.05) is 6.07 Å². The number of nitrogens with two attached hydrogens (primary N) is 1. The Morgan fingerprint density at radius 3 is 2.66 bits per heavy atom. The minimum Gasteiger partial charge on any atom is -0.484 e. The van der Waals surface area contributed by atoms with E-state index in [4.69, 9.17) is 10.5 Å². The zero-order valence-corrected chi connectivity index (χ0v) is 15.8. The van der Waals surface area contributed by atoms with Crippen molar-refractivity contribution in [2.45, 2.75) is 12.8 Å². The number of rotatable bonds is 6. The van der Waals surface area contributed by atoms with Crippen LogP contribution in [-0.4, -0.2) is 42.3 Å². The lowest BCUT2D eigenvalue weighted by atomic mass is 9.96. The van der Waals surface area contributed by atoms with Gasteiger partial charge in [0.1, 0.15) is 11.6 Å². The number of likely N-dealkylation sites (tertiary alicyclic amines) is 1. The molecule has 0 aliphatic carbocycles. The first-order chi connectivity index (χ1) is 13.9. The lowest BCUT2D eigenvalue weighted by Gasteiger charge is -2.32. The number of carbonyl (C=O) groups is 3. The van der Waals surface area contributed by atoms with Crippen molar-refractivity contribution >= 4 is 23.4 Å². The van der Waals surface area contributed by atoms with Gasteiger partial charge < -0.3 is 20.7 Å². The van der Waals surface area contributed by atoms with Crippen LogP contribution in [0.3, 0.4) is 0 Å². The highest BCUT2D eigenvalue weighted by atomic mass is 19.1. The van der Waals surface area contributed by atoms with Gasteiger partial charge in [-0.15, -0.1) is 0 Å². The average molecular weight is 399 g/mol. The standard InChI is InChI=1S/C21H22FN3O4/c22-16-8-6-14(7-9-16)21(28)25-10-2-3-15(12-25)20(27)24-17-4-1-5-18(11-17)29-13-19(23)26/h1,4-9,11,15H,2-3,10,12-13H2,(H2,23,26)(H,24,27). The molecule has 3 rings (SSSR count). The van der Waals surface area contributed by atoms with E-state index in [-0.39, 0.29) is 24.3 Å². The van der Waals surface area contributed by atoms with E-state index in [1.807, 2.05) is 0 Å². The summed E-state index contributed by atoms with van der Waals surface area (Å²) in [7, 11) is 0. The third-order valence-electron chi connectivity index (χ3n) is 4.65. The SMILES string of the molecule is NC(=O)COc1cccc(NC(=O)C2CCCN(C(=O)c3ccc(F)cc3)C2)c1. The fraction of sp³-hybridized carbons (Fsp3) is 0.286. The summed E-state index contributed by atoms with van der Waals surface area (Å²) in [6.07, 6.45) is 1.36. The highest BCUT2D eigenvalue weighted by Crippen LogP contribution is 2.22. The Hall–Kier alpha value is -3.42. The summed E-state index contributed by atoms with van der Waals surface area (Å²) < 4.78 is 18.3. The molecule has 152 valence electrons. The van der Waals surface area contributed by atoms with Crippen LogP contribution in [0, 0.1) is 11.7 Å². The first-order valence-corrected chi connectivity index (χ1v) is 9.29. The molecule has 1 heterocycles. The summed E-state index contributed by atoms with van der Waals surface area (Å²) in [6, 6.07) is 12.0. The number of ether oxygens (including phenoxy) is 1. The molecule has 8 heteroatoms. The quantitative estimate of drug-likeness (QED) is 0.777. The smallest absolute Gasteiger partial charge is 0.255 e. The molecule has 0 bridgehead atoms. The number of nitrogens with one attached hydrogen (secondary N) is 1. The number of benzene rings is 2. The van der Waals surface area contributed by atoms with Gasteiger partial charge in [0, 0.05) is 30.4 Å². The van der Waals surface area contributed by atoms with Crippen molar-refractivity contribution in [3.63, 3.8) is 0 Å². The maximum absolute atomic E-state index is 13.1. The Balaban J connectivity index is 1.61. The van der Waals surface area contributed by atoms with Crippen LogP contribution in [0.15, 0.2) is 48.5 Å². The number of hydrogen-bond donors (Lipinski definition) is 2. The molecule has 0 spiro atoms. The minimum absolute atomic E-state index is 0.200. The topological polar surface area (TPSA) is 102 Å². The van der Waals surface area contributed by atoms with Gasteiger partial charge in [0.15, 0.2) is 6.61 Å². The number of anilines is 1. The van der Waals surface area contributed by atoms with Crippen LogP contribution in [0.4, 0.5) is 10.1 Å². The van der Waals surface area contributed by atoms with Crippen molar-refractivity contribution in [2.24, 2.45) is 11.7 Å².